The van der Waals surface area contributed by atoms with Gasteiger partial charge < -0.3 is 30.2 Å². The van der Waals surface area contributed by atoms with Crippen molar-refractivity contribution in [2.75, 3.05) is 13.7 Å². The van der Waals surface area contributed by atoms with Crippen molar-refractivity contribution in [3.8, 4) is 11.5 Å². The molecule has 12 heteroatoms. The Bertz CT molecular complexity index is 1420. The molecule has 5 N–H and O–H groups in total. The normalized spacial score (nSPS) is 11.5. The third-order valence-electron chi connectivity index (χ3n) is 5.76. The summed E-state index contributed by atoms with van der Waals surface area (Å²) in [5.41, 5.74) is 7.74. The summed E-state index contributed by atoms with van der Waals surface area (Å²) in [6, 6.07) is 14.4. The van der Waals surface area contributed by atoms with Crippen molar-refractivity contribution in [2.24, 2.45) is 5.73 Å². The number of amidine groups is 1. The molecule has 0 spiro atoms. The Balaban J connectivity index is 0.00000420. The molecule has 0 aliphatic rings. The van der Waals surface area contributed by atoms with Crippen LogP contribution >= 0.6 is 12.4 Å². The third-order valence-corrected chi connectivity index (χ3v) is 5.76. The number of rotatable bonds is 11. The lowest BCUT2D eigenvalue weighted by atomic mass is 10.1. The molecule has 1 atom stereocenters. The van der Waals surface area contributed by atoms with Gasteiger partial charge in [0.05, 0.1) is 23.7 Å². The highest BCUT2D eigenvalue weighted by molar-refractivity contribution is 5.95. The fourth-order valence-electron chi connectivity index (χ4n) is 3.88. The number of fused-ring (bicyclic) bond motifs is 1. The smallest absolute Gasteiger partial charge is 0.254 e. The van der Waals surface area contributed by atoms with Gasteiger partial charge in [0.1, 0.15) is 41.4 Å². The minimum atomic E-state index is -1.53. The minimum absolute atomic E-state index is 0. The predicted octanol–water partition coefficient (Wildman–Crippen LogP) is 4.53. The highest BCUT2D eigenvalue weighted by Gasteiger charge is 2.28. The van der Waals surface area contributed by atoms with Crippen LogP contribution in [0.2, 0.25) is 0 Å². The van der Waals surface area contributed by atoms with E-state index >= 15 is 0 Å². The number of halogens is 3. The van der Waals surface area contributed by atoms with Crippen LogP contribution in [0.4, 0.5) is 8.78 Å². The Morgan fingerprint density at radius 3 is 2.51 bits per heavy atom. The zero-order valence-electron chi connectivity index (χ0n) is 21.2. The summed E-state index contributed by atoms with van der Waals surface area (Å²) in [7, 11) is 1.28. The molecule has 4 aromatic rings. The Morgan fingerprint density at radius 2 is 1.87 bits per heavy atom. The lowest BCUT2D eigenvalue weighted by molar-refractivity contribution is -0.133. The Morgan fingerprint density at radius 1 is 1.15 bits per heavy atom. The maximum absolute atomic E-state index is 14.7. The van der Waals surface area contributed by atoms with E-state index < -0.39 is 29.2 Å². The van der Waals surface area contributed by atoms with Gasteiger partial charge in [-0.1, -0.05) is 24.3 Å². The van der Waals surface area contributed by atoms with E-state index in [0.29, 0.717) is 22.7 Å². The quantitative estimate of drug-likeness (QED) is 0.157. The second-order valence-electron chi connectivity index (χ2n) is 8.28. The maximum atomic E-state index is 14.7. The number of carbonyl (C=O) groups is 1. The number of nitrogens with two attached hydrogens (primary N) is 1. The number of nitrogens with one attached hydrogen (secondary N) is 3. The lowest BCUT2D eigenvalue weighted by Gasteiger charge is -2.20. The predicted molar refractivity (Wildman–Crippen MR) is 144 cm³/mol. The van der Waals surface area contributed by atoms with Gasteiger partial charge in [-0.3, -0.25) is 10.2 Å². The van der Waals surface area contributed by atoms with Gasteiger partial charge in [-0.25, -0.2) is 13.8 Å². The summed E-state index contributed by atoms with van der Waals surface area (Å²) in [5, 5.41) is 10.4. The summed E-state index contributed by atoms with van der Waals surface area (Å²) in [4.78, 5) is 20.7. The van der Waals surface area contributed by atoms with Crippen molar-refractivity contribution in [3.05, 3.63) is 88.7 Å². The Kier molecular flexibility index (Phi) is 9.80. The largest absolute Gasteiger partial charge is 0.497 e. The summed E-state index contributed by atoms with van der Waals surface area (Å²) in [6.07, 6.45) is -1.53. The van der Waals surface area contributed by atoms with Gasteiger partial charge in [0.2, 0.25) is 0 Å². The number of H-pyrrole nitrogens is 1. The molecule has 1 heterocycles. The van der Waals surface area contributed by atoms with Gasteiger partial charge >= 0.3 is 0 Å². The van der Waals surface area contributed by atoms with E-state index in [1.165, 1.54) is 7.11 Å². The molecule has 0 saturated heterocycles. The van der Waals surface area contributed by atoms with E-state index in [0.717, 1.165) is 23.2 Å². The van der Waals surface area contributed by atoms with Crippen LogP contribution in [0.25, 0.3) is 11.0 Å². The van der Waals surface area contributed by atoms with Crippen molar-refractivity contribution in [1.82, 2.24) is 15.3 Å². The van der Waals surface area contributed by atoms with Crippen LogP contribution in [0.5, 0.6) is 11.5 Å². The second kappa shape index (κ2) is 13.0. The Hall–Kier alpha value is -4.22. The van der Waals surface area contributed by atoms with Gasteiger partial charge in [0, 0.05) is 36.4 Å². The van der Waals surface area contributed by atoms with Crippen LogP contribution in [0, 0.1) is 17.0 Å². The molecule has 4 rings (SSSR count). The Labute approximate surface area is 229 Å². The molecule has 0 aliphatic heterocycles. The summed E-state index contributed by atoms with van der Waals surface area (Å²) in [5.74, 6) is -1.90. The van der Waals surface area contributed by atoms with Gasteiger partial charge in [-0.15, -0.1) is 12.4 Å². The standard InChI is InChI=1S/C27H27F2N5O4.ClH/c1-3-37-25(24-18(28)11-17(36-2)12-19(24)29)27(35)32-13-16-9-8-15(26(30)31)10-22(16)38-14-23-33-20-6-4-5-7-21(20)34-23;/h4-12,25H,3,13-14H2,1-2H3,(H3,30,31)(H,32,35)(H,33,34);1H/t25-;/m0./s1. The molecule has 1 amide bonds. The maximum Gasteiger partial charge on any atom is 0.254 e. The summed E-state index contributed by atoms with van der Waals surface area (Å²) < 4.78 is 45.6. The molecular weight excluding hydrogens is 532 g/mol. The van der Waals surface area contributed by atoms with Crippen molar-refractivity contribution >= 4 is 35.2 Å². The van der Waals surface area contributed by atoms with Gasteiger partial charge in [-0.2, -0.15) is 0 Å². The van der Waals surface area contributed by atoms with E-state index in [1.807, 2.05) is 24.3 Å². The first-order valence-electron chi connectivity index (χ1n) is 11.8. The molecule has 0 aliphatic carbocycles. The number of amides is 1. The highest BCUT2D eigenvalue weighted by Crippen LogP contribution is 2.29. The molecule has 0 radical (unpaired) electrons. The summed E-state index contributed by atoms with van der Waals surface area (Å²) >= 11 is 0. The summed E-state index contributed by atoms with van der Waals surface area (Å²) in [6.45, 7) is 1.70. The van der Waals surface area contributed by atoms with Crippen molar-refractivity contribution < 1.29 is 27.8 Å². The molecule has 1 aromatic heterocycles. The fourth-order valence-corrected chi connectivity index (χ4v) is 3.88. The molecule has 9 nitrogen and oxygen atoms in total. The molecule has 0 unspecified atom stereocenters. The lowest BCUT2D eigenvalue weighted by Crippen LogP contribution is -2.32. The van der Waals surface area contributed by atoms with E-state index in [-0.39, 0.29) is 43.8 Å². The number of aromatic amines is 1. The average Bonchev–Trinajstić information content (AvgIpc) is 3.32. The number of nitrogens with zero attached hydrogens (tertiary/aromatic N) is 1. The molecule has 0 saturated carbocycles. The van der Waals surface area contributed by atoms with Gasteiger partial charge in [-0.05, 0) is 25.1 Å². The number of nitrogen functional groups attached to an aromatic ring is 1. The van der Waals surface area contributed by atoms with Crippen molar-refractivity contribution in [2.45, 2.75) is 26.2 Å². The van der Waals surface area contributed by atoms with E-state index in [1.54, 1.807) is 25.1 Å². The van der Waals surface area contributed by atoms with E-state index in [2.05, 4.69) is 15.3 Å². The number of hydrogen-bond donors (Lipinski definition) is 4. The molecular formula is C27H28ClF2N5O4. The highest BCUT2D eigenvalue weighted by atomic mass is 35.5. The number of para-hydroxylation sites is 2. The van der Waals surface area contributed by atoms with E-state index in [9.17, 15) is 13.6 Å². The van der Waals surface area contributed by atoms with E-state index in [4.69, 9.17) is 25.4 Å². The number of hydrogen-bond acceptors (Lipinski definition) is 6. The van der Waals surface area contributed by atoms with Crippen LogP contribution in [0.3, 0.4) is 0 Å². The zero-order chi connectivity index (χ0) is 27.2. The van der Waals surface area contributed by atoms with Crippen LogP contribution in [0.15, 0.2) is 54.6 Å². The SMILES string of the molecule is CCO[C@H](C(=O)NCc1ccc(C(=N)N)cc1OCc1nc2ccccc2[nH]1)c1c(F)cc(OC)cc1F.Cl. The number of ether oxygens (including phenoxy) is 3. The average molecular weight is 560 g/mol. The third kappa shape index (κ3) is 6.81. The molecule has 3 aromatic carbocycles. The zero-order valence-corrected chi connectivity index (χ0v) is 22.0. The van der Waals surface area contributed by atoms with Gasteiger partial charge in [0.25, 0.3) is 5.91 Å². The topological polar surface area (TPSA) is 135 Å². The first-order chi connectivity index (χ1) is 18.3. The molecule has 0 bridgehead atoms. The van der Waals surface area contributed by atoms with Crippen molar-refractivity contribution in [1.29, 1.82) is 5.41 Å². The van der Waals surface area contributed by atoms with Crippen LogP contribution in [-0.2, 0) is 22.7 Å². The van der Waals surface area contributed by atoms with Gasteiger partial charge in [0.15, 0.2) is 6.10 Å². The number of carbonyl (C=O) groups excluding carboxylic acids is 1. The molecule has 39 heavy (non-hydrogen) atoms. The number of methoxy groups -OCH3 is 1. The monoisotopic (exact) mass is 559 g/mol. The fraction of sp³-hybridized carbons (Fsp3) is 0.222. The molecule has 0 fully saturated rings. The first-order valence-corrected chi connectivity index (χ1v) is 11.8. The number of aromatic nitrogens is 2. The van der Waals surface area contributed by atoms with Crippen LogP contribution in [-0.4, -0.2) is 35.4 Å². The van der Waals surface area contributed by atoms with Crippen molar-refractivity contribution in [3.63, 3.8) is 0 Å². The van der Waals surface area contributed by atoms with Crippen LogP contribution < -0.4 is 20.5 Å². The van der Waals surface area contributed by atoms with Crippen LogP contribution in [0.1, 0.15) is 35.5 Å². The minimum Gasteiger partial charge on any atom is -0.497 e. The molecule has 206 valence electrons. The first kappa shape index (κ1) is 29.3. The second-order valence-corrected chi connectivity index (χ2v) is 8.28. The number of benzene rings is 3. The number of imidazole rings is 1.